The molecule has 152 valence electrons. The number of carbonyl (C=O) groups excluding carboxylic acids is 2. The van der Waals surface area contributed by atoms with E-state index in [9.17, 15) is 19.8 Å². The van der Waals surface area contributed by atoms with Crippen molar-refractivity contribution in [2.45, 2.75) is 25.5 Å². The smallest absolute Gasteiger partial charge is 0.264 e. The van der Waals surface area contributed by atoms with E-state index in [1.165, 1.54) is 17.0 Å². The molecule has 5 nitrogen and oxygen atoms in total. The second-order valence-electron chi connectivity index (χ2n) is 7.52. The van der Waals surface area contributed by atoms with Gasteiger partial charge in [-0.2, -0.15) is 0 Å². The van der Waals surface area contributed by atoms with Gasteiger partial charge >= 0.3 is 0 Å². The Labute approximate surface area is 182 Å². The highest BCUT2D eigenvalue weighted by Gasteiger charge is 2.51. The zero-order valence-electron chi connectivity index (χ0n) is 16.3. The van der Waals surface area contributed by atoms with Gasteiger partial charge in [0.15, 0.2) is 11.4 Å². The standard InChI is InChI=1S/C24H20BrNO4/c1-15-5-4-6-16(11-15)14-26-20-10-9-17(25)12-19(20)24(30,23(26)29)13-22(28)18-7-2-3-8-21(18)27/h2-12,27,30H,13-14H2,1H3. The van der Waals surface area contributed by atoms with Crippen LogP contribution in [0.2, 0.25) is 0 Å². The number of aromatic hydroxyl groups is 1. The van der Waals surface area contributed by atoms with E-state index >= 15 is 0 Å². The van der Waals surface area contributed by atoms with Crippen molar-refractivity contribution in [3.05, 3.63) is 93.5 Å². The lowest BCUT2D eigenvalue weighted by molar-refractivity contribution is -0.136. The third kappa shape index (κ3) is 3.53. The minimum absolute atomic E-state index is 0.0763. The summed E-state index contributed by atoms with van der Waals surface area (Å²) in [6, 6.07) is 19.1. The topological polar surface area (TPSA) is 77.8 Å². The van der Waals surface area contributed by atoms with Crippen LogP contribution < -0.4 is 4.90 Å². The Balaban J connectivity index is 1.73. The molecule has 0 spiro atoms. The number of hydrogen-bond donors (Lipinski definition) is 2. The van der Waals surface area contributed by atoms with E-state index in [-0.39, 0.29) is 17.9 Å². The van der Waals surface area contributed by atoms with Crippen molar-refractivity contribution >= 4 is 33.3 Å². The molecular formula is C24H20BrNO4. The van der Waals surface area contributed by atoms with E-state index in [0.29, 0.717) is 15.7 Å². The highest BCUT2D eigenvalue weighted by molar-refractivity contribution is 9.10. The molecule has 0 aromatic heterocycles. The first-order valence-electron chi connectivity index (χ1n) is 9.51. The summed E-state index contributed by atoms with van der Waals surface area (Å²) in [5, 5.41) is 21.5. The maximum atomic E-state index is 13.4. The lowest BCUT2D eigenvalue weighted by Crippen LogP contribution is -2.41. The average molecular weight is 466 g/mol. The molecule has 4 rings (SSSR count). The van der Waals surface area contributed by atoms with Gasteiger partial charge in [-0.3, -0.25) is 9.59 Å². The highest BCUT2D eigenvalue weighted by atomic mass is 79.9. The summed E-state index contributed by atoms with van der Waals surface area (Å²) in [6.45, 7) is 2.25. The monoisotopic (exact) mass is 465 g/mol. The zero-order chi connectivity index (χ0) is 21.5. The molecule has 0 saturated heterocycles. The molecule has 0 saturated carbocycles. The number of carbonyl (C=O) groups is 2. The number of Topliss-reactive ketones (excluding diaryl/α,β-unsaturated/α-hetero) is 1. The molecule has 0 radical (unpaired) electrons. The van der Waals surface area contributed by atoms with Crippen LogP contribution in [0.1, 0.15) is 33.5 Å². The van der Waals surface area contributed by atoms with Crippen LogP contribution in [0.5, 0.6) is 5.75 Å². The fourth-order valence-corrected chi connectivity index (χ4v) is 4.24. The number of fused-ring (bicyclic) bond motifs is 1. The Hall–Kier alpha value is -2.96. The Bertz CT molecular complexity index is 1160. The molecule has 1 atom stereocenters. The molecule has 0 aliphatic carbocycles. The van der Waals surface area contributed by atoms with Gasteiger partial charge in [-0.05, 0) is 42.8 Å². The number of hydrogen-bond acceptors (Lipinski definition) is 4. The van der Waals surface area contributed by atoms with Gasteiger partial charge in [-0.25, -0.2) is 0 Å². The molecule has 1 heterocycles. The molecule has 1 unspecified atom stereocenters. The average Bonchev–Trinajstić information content (AvgIpc) is 2.90. The third-order valence-electron chi connectivity index (χ3n) is 5.34. The van der Waals surface area contributed by atoms with Crippen molar-refractivity contribution in [1.29, 1.82) is 0 Å². The molecule has 3 aromatic carbocycles. The number of anilines is 1. The largest absolute Gasteiger partial charge is 0.507 e. The maximum Gasteiger partial charge on any atom is 0.264 e. The van der Waals surface area contributed by atoms with E-state index in [2.05, 4.69) is 15.9 Å². The second-order valence-corrected chi connectivity index (χ2v) is 8.43. The van der Waals surface area contributed by atoms with Crippen LogP contribution in [-0.2, 0) is 16.9 Å². The highest BCUT2D eigenvalue weighted by Crippen LogP contribution is 2.45. The normalized spacial score (nSPS) is 17.8. The van der Waals surface area contributed by atoms with E-state index in [4.69, 9.17) is 0 Å². The van der Waals surface area contributed by atoms with Crippen molar-refractivity contribution in [1.82, 2.24) is 0 Å². The molecule has 6 heteroatoms. The van der Waals surface area contributed by atoms with Gasteiger partial charge in [0.25, 0.3) is 5.91 Å². The predicted molar refractivity (Wildman–Crippen MR) is 117 cm³/mol. The summed E-state index contributed by atoms with van der Waals surface area (Å²) in [7, 11) is 0. The Morgan fingerprint density at radius 3 is 2.57 bits per heavy atom. The lowest BCUT2D eigenvalue weighted by Gasteiger charge is -2.23. The van der Waals surface area contributed by atoms with Gasteiger partial charge in [0, 0.05) is 10.0 Å². The Morgan fingerprint density at radius 1 is 1.07 bits per heavy atom. The minimum atomic E-state index is -2.01. The van der Waals surface area contributed by atoms with Crippen LogP contribution in [0.15, 0.2) is 71.2 Å². The Kier molecular flexibility index (Phi) is 5.22. The summed E-state index contributed by atoms with van der Waals surface area (Å²) in [6.07, 6.45) is -0.461. The minimum Gasteiger partial charge on any atom is -0.507 e. The van der Waals surface area contributed by atoms with Crippen LogP contribution >= 0.6 is 15.9 Å². The van der Waals surface area contributed by atoms with E-state index in [0.717, 1.165) is 11.1 Å². The number of phenolic OH excluding ortho intramolecular Hbond substituents is 1. The van der Waals surface area contributed by atoms with Crippen LogP contribution in [0.4, 0.5) is 5.69 Å². The number of nitrogens with zero attached hydrogens (tertiary/aromatic N) is 1. The van der Waals surface area contributed by atoms with E-state index in [1.807, 2.05) is 31.2 Å². The number of aryl methyl sites for hydroxylation is 1. The third-order valence-corrected chi connectivity index (χ3v) is 5.83. The molecule has 2 N–H and O–H groups in total. The van der Waals surface area contributed by atoms with Crippen LogP contribution in [0.3, 0.4) is 0 Å². The molecule has 30 heavy (non-hydrogen) atoms. The molecule has 3 aromatic rings. The molecule has 0 bridgehead atoms. The second kappa shape index (κ2) is 7.70. The molecule has 1 amide bonds. The van der Waals surface area contributed by atoms with Crippen molar-refractivity contribution in [2.75, 3.05) is 4.90 Å². The molecule has 1 aliphatic heterocycles. The first kappa shape index (κ1) is 20.3. The SMILES string of the molecule is Cc1cccc(CN2C(=O)C(O)(CC(=O)c3ccccc3O)c3cc(Br)ccc32)c1. The molecule has 1 aliphatic rings. The number of amides is 1. The zero-order valence-corrected chi connectivity index (χ0v) is 17.9. The fraction of sp³-hybridized carbons (Fsp3) is 0.167. The number of halogens is 1. The number of phenols is 1. The maximum absolute atomic E-state index is 13.4. The summed E-state index contributed by atoms with van der Waals surface area (Å²) in [4.78, 5) is 27.8. The van der Waals surface area contributed by atoms with Crippen LogP contribution in [-0.4, -0.2) is 21.9 Å². The summed E-state index contributed by atoms with van der Waals surface area (Å²) >= 11 is 3.39. The summed E-state index contributed by atoms with van der Waals surface area (Å²) < 4.78 is 0.694. The fourth-order valence-electron chi connectivity index (χ4n) is 3.88. The molecule has 0 fully saturated rings. The van der Waals surface area contributed by atoms with Crippen LogP contribution in [0.25, 0.3) is 0 Å². The number of aliphatic hydroxyl groups is 1. The Morgan fingerprint density at radius 2 is 1.83 bits per heavy atom. The number of benzene rings is 3. The van der Waals surface area contributed by atoms with E-state index < -0.39 is 23.7 Å². The molecular weight excluding hydrogens is 446 g/mol. The van der Waals surface area contributed by atoms with Crippen LogP contribution in [0, 0.1) is 6.92 Å². The van der Waals surface area contributed by atoms with Gasteiger partial charge in [-0.1, -0.05) is 57.9 Å². The van der Waals surface area contributed by atoms with Gasteiger partial charge in [0.05, 0.1) is 24.2 Å². The van der Waals surface area contributed by atoms with Gasteiger partial charge in [0.1, 0.15) is 5.75 Å². The number of rotatable bonds is 5. The van der Waals surface area contributed by atoms with Crippen molar-refractivity contribution in [3.8, 4) is 5.75 Å². The summed E-state index contributed by atoms with van der Waals surface area (Å²) in [5.41, 5.74) is 0.999. The quantitative estimate of drug-likeness (QED) is 0.544. The van der Waals surface area contributed by atoms with Gasteiger partial charge in [-0.15, -0.1) is 0 Å². The number of ketones is 1. The van der Waals surface area contributed by atoms with Crippen molar-refractivity contribution in [3.63, 3.8) is 0 Å². The number of para-hydroxylation sites is 1. The van der Waals surface area contributed by atoms with Gasteiger partial charge < -0.3 is 15.1 Å². The van der Waals surface area contributed by atoms with Crippen molar-refractivity contribution < 1.29 is 19.8 Å². The summed E-state index contributed by atoms with van der Waals surface area (Å²) in [5.74, 6) is -1.24. The van der Waals surface area contributed by atoms with E-state index in [1.54, 1.807) is 30.3 Å². The lowest BCUT2D eigenvalue weighted by atomic mass is 9.88. The first-order chi connectivity index (χ1) is 14.3. The van der Waals surface area contributed by atoms with Crippen molar-refractivity contribution in [2.24, 2.45) is 0 Å². The van der Waals surface area contributed by atoms with Gasteiger partial charge in [0.2, 0.25) is 0 Å². The first-order valence-corrected chi connectivity index (χ1v) is 10.3. The predicted octanol–water partition coefficient (Wildman–Crippen LogP) is 4.47.